The van der Waals surface area contributed by atoms with Crippen LogP contribution in [0.3, 0.4) is 0 Å². The van der Waals surface area contributed by atoms with Crippen molar-refractivity contribution in [3.8, 4) is 16.9 Å². The van der Waals surface area contributed by atoms with Crippen LogP contribution in [0.15, 0.2) is 48.5 Å². The zero-order valence-electron chi connectivity index (χ0n) is 16.4. The third kappa shape index (κ3) is 6.91. The molecular formula is C23H30ClNO2. The van der Waals surface area contributed by atoms with Gasteiger partial charge in [-0.2, -0.15) is 0 Å². The predicted octanol–water partition coefficient (Wildman–Crippen LogP) is 6.01. The predicted molar refractivity (Wildman–Crippen MR) is 114 cm³/mol. The van der Waals surface area contributed by atoms with Crippen molar-refractivity contribution in [3.05, 3.63) is 54.1 Å². The summed E-state index contributed by atoms with van der Waals surface area (Å²) < 4.78 is 5.63. The molecule has 1 amide bonds. The van der Waals surface area contributed by atoms with E-state index in [1.807, 2.05) is 60.5 Å². The van der Waals surface area contributed by atoms with Crippen molar-refractivity contribution in [3.63, 3.8) is 0 Å². The van der Waals surface area contributed by atoms with Gasteiger partial charge in [0.05, 0.1) is 6.61 Å². The number of hydrogen-bond donors (Lipinski definition) is 0. The molecule has 146 valence electrons. The maximum Gasteiger partial charge on any atom is 0.253 e. The van der Waals surface area contributed by atoms with E-state index in [0.717, 1.165) is 41.8 Å². The lowest BCUT2D eigenvalue weighted by atomic mass is 10.0. The highest BCUT2D eigenvalue weighted by Crippen LogP contribution is 2.23. The molecule has 2 aromatic rings. The maximum atomic E-state index is 12.5. The van der Waals surface area contributed by atoms with Gasteiger partial charge >= 0.3 is 0 Å². The zero-order valence-corrected chi connectivity index (χ0v) is 17.2. The van der Waals surface area contributed by atoms with Crippen molar-refractivity contribution < 1.29 is 9.53 Å². The lowest BCUT2D eigenvalue weighted by molar-refractivity contribution is 0.0792. The molecule has 4 heteroatoms. The highest BCUT2D eigenvalue weighted by atomic mass is 35.5. The summed E-state index contributed by atoms with van der Waals surface area (Å²) in [6.45, 7) is 3.63. The minimum Gasteiger partial charge on any atom is -0.494 e. The first-order valence-electron chi connectivity index (χ1n) is 9.80. The lowest BCUT2D eigenvalue weighted by Gasteiger charge is -2.17. The summed E-state index contributed by atoms with van der Waals surface area (Å²) in [5, 5.41) is 0. The van der Waals surface area contributed by atoms with Gasteiger partial charge in [-0.25, -0.2) is 0 Å². The van der Waals surface area contributed by atoms with Crippen LogP contribution in [-0.2, 0) is 0 Å². The highest BCUT2D eigenvalue weighted by molar-refractivity contribution is 6.17. The fourth-order valence-corrected chi connectivity index (χ4v) is 3.00. The molecule has 0 radical (unpaired) electrons. The van der Waals surface area contributed by atoms with Crippen LogP contribution in [-0.4, -0.2) is 36.9 Å². The van der Waals surface area contributed by atoms with E-state index < -0.39 is 0 Å². The first-order chi connectivity index (χ1) is 13.2. The molecule has 2 aromatic carbocycles. The molecular weight excluding hydrogens is 358 g/mol. The van der Waals surface area contributed by atoms with Gasteiger partial charge in [0.25, 0.3) is 5.91 Å². The maximum absolute atomic E-state index is 12.5. The fourth-order valence-electron chi connectivity index (χ4n) is 2.89. The number of rotatable bonds is 11. The summed E-state index contributed by atoms with van der Waals surface area (Å²) >= 11 is 5.66. The summed E-state index contributed by atoms with van der Waals surface area (Å²) in [6, 6.07) is 15.8. The van der Waals surface area contributed by atoms with Crippen LogP contribution in [0.5, 0.6) is 5.75 Å². The molecule has 0 N–H and O–H groups in total. The summed E-state index contributed by atoms with van der Waals surface area (Å²) in [7, 11) is 1.88. The molecule has 0 bridgehead atoms. The molecule has 0 saturated carbocycles. The smallest absolute Gasteiger partial charge is 0.253 e. The van der Waals surface area contributed by atoms with Crippen LogP contribution in [0.2, 0.25) is 0 Å². The number of benzene rings is 2. The molecule has 0 aliphatic rings. The van der Waals surface area contributed by atoms with Gasteiger partial charge in [-0.3, -0.25) is 4.79 Å². The monoisotopic (exact) mass is 387 g/mol. The molecule has 0 heterocycles. The molecule has 3 nitrogen and oxygen atoms in total. The Labute approximate surface area is 168 Å². The van der Waals surface area contributed by atoms with Crippen molar-refractivity contribution in [1.82, 2.24) is 4.90 Å². The second-order valence-electron chi connectivity index (χ2n) is 6.78. The molecule has 0 fully saturated rings. The normalized spacial score (nSPS) is 10.6. The standard InChI is InChI=1S/C23H30ClNO2/c1-3-4-5-6-17-25(2)23(26)21-10-8-19(9-11-21)20-12-14-22(15-13-20)27-18-7-16-24/h8-15H,3-7,16-18H2,1-2H3. The fraction of sp³-hybridized carbons (Fsp3) is 0.435. The van der Waals surface area contributed by atoms with Crippen LogP contribution >= 0.6 is 11.6 Å². The van der Waals surface area contributed by atoms with E-state index in [0.29, 0.717) is 12.5 Å². The first kappa shape index (κ1) is 21.3. The van der Waals surface area contributed by atoms with Crippen molar-refractivity contribution in [2.45, 2.75) is 39.0 Å². The van der Waals surface area contributed by atoms with Gasteiger partial charge in [0.1, 0.15) is 5.75 Å². The van der Waals surface area contributed by atoms with Crippen molar-refractivity contribution >= 4 is 17.5 Å². The zero-order chi connectivity index (χ0) is 19.5. The van der Waals surface area contributed by atoms with Gasteiger partial charge in [0.2, 0.25) is 0 Å². The number of nitrogens with zero attached hydrogens (tertiary/aromatic N) is 1. The Balaban J connectivity index is 1.93. The highest BCUT2D eigenvalue weighted by Gasteiger charge is 2.11. The second kappa shape index (κ2) is 11.7. The number of unbranched alkanes of at least 4 members (excludes halogenated alkanes) is 3. The third-order valence-corrected chi connectivity index (χ3v) is 4.83. The Morgan fingerprint density at radius 3 is 2.15 bits per heavy atom. The van der Waals surface area contributed by atoms with E-state index >= 15 is 0 Å². The van der Waals surface area contributed by atoms with Gasteiger partial charge in [-0.05, 0) is 48.2 Å². The summed E-state index contributed by atoms with van der Waals surface area (Å²) in [6.07, 6.45) is 5.52. The van der Waals surface area contributed by atoms with Crippen molar-refractivity contribution in [1.29, 1.82) is 0 Å². The van der Waals surface area contributed by atoms with Gasteiger partial charge in [-0.1, -0.05) is 50.5 Å². The van der Waals surface area contributed by atoms with E-state index in [1.165, 1.54) is 19.3 Å². The molecule has 0 atom stereocenters. The van der Waals surface area contributed by atoms with Gasteiger partial charge in [0, 0.05) is 25.0 Å². The number of carbonyl (C=O) groups is 1. The molecule has 0 unspecified atom stereocenters. The molecule has 0 aliphatic carbocycles. The Kier molecular flexibility index (Phi) is 9.20. The molecule has 0 saturated heterocycles. The number of alkyl halides is 1. The summed E-state index contributed by atoms with van der Waals surface area (Å²) in [4.78, 5) is 14.3. The van der Waals surface area contributed by atoms with Crippen LogP contribution in [0.25, 0.3) is 11.1 Å². The molecule has 0 aromatic heterocycles. The Morgan fingerprint density at radius 2 is 1.56 bits per heavy atom. The summed E-state index contributed by atoms with van der Waals surface area (Å²) in [5.74, 6) is 1.54. The lowest BCUT2D eigenvalue weighted by Crippen LogP contribution is -2.27. The number of halogens is 1. The Hall–Kier alpha value is -2.00. The third-order valence-electron chi connectivity index (χ3n) is 4.56. The van der Waals surface area contributed by atoms with E-state index in [2.05, 4.69) is 6.92 Å². The van der Waals surface area contributed by atoms with Gasteiger partial charge in [0.15, 0.2) is 0 Å². The second-order valence-corrected chi connectivity index (χ2v) is 7.16. The first-order valence-corrected chi connectivity index (χ1v) is 10.3. The number of hydrogen-bond acceptors (Lipinski definition) is 2. The van der Waals surface area contributed by atoms with E-state index in [4.69, 9.17) is 16.3 Å². The number of carbonyl (C=O) groups excluding carboxylic acids is 1. The van der Waals surface area contributed by atoms with E-state index in [9.17, 15) is 4.79 Å². The van der Waals surface area contributed by atoms with Crippen molar-refractivity contribution in [2.75, 3.05) is 26.1 Å². The topological polar surface area (TPSA) is 29.5 Å². The SMILES string of the molecule is CCCCCCN(C)C(=O)c1ccc(-c2ccc(OCCCCl)cc2)cc1. The molecule has 27 heavy (non-hydrogen) atoms. The largest absolute Gasteiger partial charge is 0.494 e. The van der Waals surface area contributed by atoms with E-state index in [-0.39, 0.29) is 5.91 Å². The quantitative estimate of drug-likeness (QED) is 0.349. The van der Waals surface area contributed by atoms with Crippen LogP contribution in [0.4, 0.5) is 0 Å². The van der Waals surface area contributed by atoms with Gasteiger partial charge < -0.3 is 9.64 Å². The average molecular weight is 388 g/mol. The van der Waals surface area contributed by atoms with Crippen molar-refractivity contribution in [2.24, 2.45) is 0 Å². The summed E-state index contributed by atoms with van der Waals surface area (Å²) in [5.41, 5.74) is 2.92. The number of ether oxygens (including phenoxy) is 1. The minimum absolute atomic E-state index is 0.0843. The van der Waals surface area contributed by atoms with Crippen LogP contribution in [0, 0.1) is 0 Å². The number of amides is 1. The molecule has 0 spiro atoms. The Bertz CT molecular complexity index is 683. The van der Waals surface area contributed by atoms with Crippen LogP contribution in [0.1, 0.15) is 49.4 Å². The molecule has 2 rings (SSSR count). The molecule has 0 aliphatic heterocycles. The van der Waals surface area contributed by atoms with Gasteiger partial charge in [-0.15, -0.1) is 11.6 Å². The minimum atomic E-state index is 0.0843. The van der Waals surface area contributed by atoms with E-state index in [1.54, 1.807) is 0 Å². The average Bonchev–Trinajstić information content (AvgIpc) is 2.71. The van der Waals surface area contributed by atoms with Crippen LogP contribution < -0.4 is 4.74 Å². The Morgan fingerprint density at radius 1 is 0.926 bits per heavy atom.